The van der Waals surface area contributed by atoms with Crippen molar-refractivity contribution in [3.63, 3.8) is 0 Å². The largest absolute Gasteiger partial charge is 0.407 e. The molecular weight excluding hydrogens is 340 g/mol. The van der Waals surface area contributed by atoms with Crippen LogP contribution in [0.2, 0.25) is 0 Å². The summed E-state index contributed by atoms with van der Waals surface area (Å²) in [7, 11) is -0.944. The van der Waals surface area contributed by atoms with E-state index in [1.165, 1.54) is 10.4 Å². The first-order chi connectivity index (χ1) is 12.7. The van der Waals surface area contributed by atoms with Gasteiger partial charge < -0.3 is 13.6 Å². The highest BCUT2D eigenvalue weighted by molar-refractivity contribution is 6.92. The van der Waals surface area contributed by atoms with Gasteiger partial charge in [-0.1, -0.05) is 74.5 Å². The number of hydrogen-bond acceptors (Lipinski definition) is 3. The molecule has 0 amide bonds. The Kier molecular flexibility index (Phi) is 9.05. The predicted molar refractivity (Wildman–Crippen MR) is 110 cm³/mol. The normalized spacial score (nSPS) is 12.9. The fraction of sp³-hybridized carbons (Fsp3) is 0.455. The SMILES string of the molecule is CCCO[Si](OCCC(C)CCOC)(c1ccccc1)c1ccccc1. The van der Waals surface area contributed by atoms with Crippen molar-refractivity contribution in [3.8, 4) is 0 Å². The van der Waals surface area contributed by atoms with Crippen LogP contribution in [0.4, 0.5) is 0 Å². The summed E-state index contributed by atoms with van der Waals surface area (Å²) in [5, 5.41) is 2.34. The smallest absolute Gasteiger partial charge is 0.388 e. The Balaban J connectivity index is 2.24. The maximum atomic E-state index is 6.63. The Bertz CT molecular complexity index is 564. The zero-order chi connectivity index (χ0) is 18.7. The highest BCUT2D eigenvalue weighted by Crippen LogP contribution is 2.14. The third-order valence-corrected chi connectivity index (χ3v) is 7.96. The van der Waals surface area contributed by atoms with Gasteiger partial charge in [-0.15, -0.1) is 0 Å². The van der Waals surface area contributed by atoms with Gasteiger partial charge in [0.25, 0.3) is 0 Å². The zero-order valence-corrected chi connectivity index (χ0v) is 17.3. The summed E-state index contributed by atoms with van der Waals surface area (Å²) in [5.74, 6) is 0.569. The molecule has 0 radical (unpaired) electrons. The number of rotatable bonds is 12. The van der Waals surface area contributed by atoms with Gasteiger partial charge in [-0.05, 0) is 35.6 Å². The first-order valence-corrected chi connectivity index (χ1v) is 11.4. The van der Waals surface area contributed by atoms with Crippen LogP contribution in [0.3, 0.4) is 0 Å². The summed E-state index contributed by atoms with van der Waals surface area (Å²) in [6.07, 6.45) is 3.04. The fourth-order valence-corrected chi connectivity index (χ4v) is 6.21. The van der Waals surface area contributed by atoms with Gasteiger partial charge in [0.2, 0.25) is 0 Å². The molecule has 1 atom stereocenters. The third kappa shape index (κ3) is 5.78. The Morgan fingerprint density at radius 3 is 1.77 bits per heavy atom. The topological polar surface area (TPSA) is 27.7 Å². The van der Waals surface area contributed by atoms with E-state index in [2.05, 4.69) is 62.4 Å². The van der Waals surface area contributed by atoms with Gasteiger partial charge in [0.1, 0.15) is 0 Å². The van der Waals surface area contributed by atoms with E-state index in [4.69, 9.17) is 13.6 Å². The van der Waals surface area contributed by atoms with Crippen molar-refractivity contribution in [3.05, 3.63) is 60.7 Å². The lowest BCUT2D eigenvalue weighted by atomic mass is 10.1. The monoisotopic (exact) mass is 372 g/mol. The lowest BCUT2D eigenvalue weighted by molar-refractivity contribution is 0.158. The minimum Gasteiger partial charge on any atom is -0.388 e. The Hall–Kier alpha value is -1.46. The lowest BCUT2D eigenvalue weighted by Crippen LogP contribution is -2.63. The van der Waals surface area contributed by atoms with E-state index < -0.39 is 8.56 Å². The second-order valence-corrected chi connectivity index (χ2v) is 9.69. The summed E-state index contributed by atoms with van der Waals surface area (Å²) < 4.78 is 18.3. The molecular formula is C22H32O3Si. The Labute approximate surface area is 159 Å². The van der Waals surface area contributed by atoms with Gasteiger partial charge in [-0.3, -0.25) is 0 Å². The average molecular weight is 373 g/mol. The predicted octanol–water partition coefficient (Wildman–Crippen LogP) is 3.75. The van der Waals surface area contributed by atoms with Crippen molar-refractivity contribution in [2.24, 2.45) is 5.92 Å². The summed E-state index contributed by atoms with van der Waals surface area (Å²) in [6, 6.07) is 20.9. The van der Waals surface area contributed by atoms with Gasteiger partial charge >= 0.3 is 8.56 Å². The van der Waals surface area contributed by atoms with E-state index in [9.17, 15) is 0 Å². The van der Waals surface area contributed by atoms with Gasteiger partial charge in [0, 0.05) is 26.9 Å². The van der Waals surface area contributed by atoms with Crippen LogP contribution in [0.1, 0.15) is 33.1 Å². The summed E-state index contributed by atoms with van der Waals surface area (Å²) in [5.41, 5.74) is 0. The summed E-state index contributed by atoms with van der Waals surface area (Å²) in [6.45, 7) is 6.60. The molecule has 2 rings (SSSR count). The molecule has 1 unspecified atom stereocenters. The molecule has 2 aromatic carbocycles. The minimum atomic E-state index is -2.70. The minimum absolute atomic E-state index is 0.569. The average Bonchev–Trinajstić information content (AvgIpc) is 2.70. The maximum Gasteiger partial charge on any atom is 0.407 e. The molecule has 0 aliphatic carbocycles. The lowest BCUT2D eigenvalue weighted by Gasteiger charge is -2.32. The number of ether oxygens (including phenoxy) is 1. The molecule has 0 aliphatic heterocycles. The molecule has 0 bridgehead atoms. The van der Waals surface area contributed by atoms with Gasteiger partial charge in [0.15, 0.2) is 0 Å². The number of methoxy groups -OCH3 is 1. The van der Waals surface area contributed by atoms with Gasteiger partial charge in [0.05, 0.1) is 0 Å². The van der Waals surface area contributed by atoms with Crippen molar-refractivity contribution in [2.75, 3.05) is 26.9 Å². The molecule has 0 saturated carbocycles. The van der Waals surface area contributed by atoms with Crippen molar-refractivity contribution >= 4 is 18.9 Å². The van der Waals surface area contributed by atoms with Crippen LogP contribution in [0.15, 0.2) is 60.7 Å². The molecule has 2 aromatic rings. The number of hydrogen-bond donors (Lipinski definition) is 0. The van der Waals surface area contributed by atoms with Crippen molar-refractivity contribution in [2.45, 2.75) is 33.1 Å². The number of benzene rings is 2. The zero-order valence-electron chi connectivity index (χ0n) is 16.3. The van der Waals surface area contributed by atoms with Crippen LogP contribution in [0.25, 0.3) is 0 Å². The molecule has 0 aliphatic rings. The third-order valence-electron chi connectivity index (χ3n) is 4.55. The molecule has 0 spiro atoms. The Morgan fingerprint density at radius 1 is 0.769 bits per heavy atom. The van der Waals surface area contributed by atoms with E-state index >= 15 is 0 Å². The van der Waals surface area contributed by atoms with E-state index in [-0.39, 0.29) is 0 Å². The van der Waals surface area contributed by atoms with Crippen LogP contribution >= 0.6 is 0 Å². The van der Waals surface area contributed by atoms with Crippen molar-refractivity contribution < 1.29 is 13.6 Å². The molecule has 0 N–H and O–H groups in total. The maximum absolute atomic E-state index is 6.63. The van der Waals surface area contributed by atoms with E-state index in [1.807, 2.05) is 12.1 Å². The molecule has 0 saturated heterocycles. The highest BCUT2D eigenvalue weighted by atomic mass is 28.4. The first-order valence-electron chi connectivity index (χ1n) is 9.60. The summed E-state index contributed by atoms with van der Waals surface area (Å²) in [4.78, 5) is 0. The van der Waals surface area contributed by atoms with Crippen LogP contribution in [0, 0.1) is 5.92 Å². The Morgan fingerprint density at radius 2 is 1.27 bits per heavy atom. The van der Waals surface area contributed by atoms with Crippen LogP contribution in [0.5, 0.6) is 0 Å². The van der Waals surface area contributed by atoms with E-state index in [0.29, 0.717) is 19.1 Å². The highest BCUT2D eigenvalue weighted by Gasteiger charge is 2.42. The molecule has 0 heterocycles. The molecule has 0 fully saturated rings. The molecule has 3 nitrogen and oxygen atoms in total. The van der Waals surface area contributed by atoms with Crippen molar-refractivity contribution in [1.29, 1.82) is 0 Å². The van der Waals surface area contributed by atoms with Crippen LogP contribution in [-0.2, 0) is 13.6 Å². The second kappa shape index (κ2) is 11.3. The molecule has 4 heteroatoms. The van der Waals surface area contributed by atoms with Crippen LogP contribution < -0.4 is 10.4 Å². The quantitative estimate of drug-likeness (QED) is 0.531. The molecule has 26 heavy (non-hydrogen) atoms. The first kappa shape index (κ1) is 20.8. The standard InChI is InChI=1S/C22H32O3Si/c1-4-17-24-26(21-11-7-5-8-12-21,22-13-9-6-10-14-22)25-19-16-20(2)15-18-23-3/h5-14,20H,4,15-19H2,1-3H3. The van der Waals surface area contributed by atoms with Crippen LogP contribution in [-0.4, -0.2) is 35.5 Å². The van der Waals surface area contributed by atoms with Gasteiger partial charge in [-0.25, -0.2) is 0 Å². The fourth-order valence-electron chi connectivity index (χ4n) is 2.97. The second-order valence-electron chi connectivity index (χ2n) is 6.72. The molecule has 0 aromatic heterocycles. The van der Waals surface area contributed by atoms with Gasteiger partial charge in [-0.2, -0.15) is 0 Å². The van der Waals surface area contributed by atoms with E-state index in [1.54, 1.807) is 7.11 Å². The van der Waals surface area contributed by atoms with E-state index in [0.717, 1.165) is 25.9 Å². The molecule has 142 valence electrons. The summed E-state index contributed by atoms with van der Waals surface area (Å²) >= 11 is 0. The van der Waals surface area contributed by atoms with Crippen molar-refractivity contribution in [1.82, 2.24) is 0 Å².